The number of hydrogen-bond donors (Lipinski definition) is 3. The van der Waals surface area contributed by atoms with Crippen LogP contribution < -0.4 is 9.64 Å². The predicted molar refractivity (Wildman–Crippen MR) is 151 cm³/mol. The van der Waals surface area contributed by atoms with Crippen molar-refractivity contribution < 1.29 is 39.2 Å². The zero-order valence-corrected chi connectivity index (χ0v) is 23.7. The number of ether oxygens (including phenoxy) is 1. The van der Waals surface area contributed by atoms with Crippen LogP contribution >= 0.6 is 0 Å². The standard InChI is InChI=1S/C26H37N3O4.C4H6O4/c30-19-10-11-21-22(18-19)26(32)29(25(21)31)13-5-12-27-14-16-28(17-15-27)23-8-3-4-9-24(23)33-20-6-1-2-7-20;5-3(6)1-2-4(7)8/h3-4,8-9,19-22,30H,1-2,5-7,10-18H2;1-2H2,(H,5,6)(H,7,8). The van der Waals surface area contributed by atoms with Crippen molar-refractivity contribution >= 4 is 29.4 Å². The van der Waals surface area contributed by atoms with E-state index in [0.717, 1.165) is 57.7 Å². The Labute approximate surface area is 241 Å². The topological polar surface area (TPSA) is 148 Å². The number of anilines is 1. The molecule has 1 aromatic rings. The van der Waals surface area contributed by atoms with Gasteiger partial charge in [-0.1, -0.05) is 12.1 Å². The first kappa shape index (κ1) is 30.8. The second kappa shape index (κ2) is 14.6. The van der Waals surface area contributed by atoms with Gasteiger partial charge in [0.05, 0.1) is 42.6 Å². The second-order valence-electron chi connectivity index (χ2n) is 11.5. The highest BCUT2D eigenvalue weighted by Crippen LogP contribution is 2.38. The number of carboxylic acid groups (broad SMARTS) is 2. The zero-order chi connectivity index (χ0) is 29.4. The Morgan fingerprint density at radius 2 is 1.46 bits per heavy atom. The van der Waals surface area contributed by atoms with Gasteiger partial charge in [0.25, 0.3) is 0 Å². The number of carboxylic acids is 2. The van der Waals surface area contributed by atoms with Crippen LogP contribution in [0.4, 0.5) is 5.69 Å². The second-order valence-corrected chi connectivity index (χ2v) is 11.5. The van der Waals surface area contributed by atoms with Crippen LogP contribution in [0.5, 0.6) is 5.75 Å². The van der Waals surface area contributed by atoms with Crippen LogP contribution in [0.2, 0.25) is 0 Å². The van der Waals surface area contributed by atoms with E-state index in [2.05, 4.69) is 34.1 Å². The summed E-state index contributed by atoms with van der Waals surface area (Å²) >= 11 is 0. The number of fused-ring (bicyclic) bond motifs is 1. The van der Waals surface area contributed by atoms with Gasteiger partial charge in [0.1, 0.15) is 5.75 Å². The summed E-state index contributed by atoms with van der Waals surface area (Å²) in [4.78, 5) is 51.0. The molecule has 0 aromatic heterocycles. The number of likely N-dealkylation sites (tertiary alicyclic amines) is 1. The van der Waals surface area contributed by atoms with Crippen LogP contribution in [-0.4, -0.2) is 100 Å². The Bertz CT molecular complexity index is 1050. The minimum absolute atomic E-state index is 0.0133. The largest absolute Gasteiger partial charge is 0.488 e. The lowest BCUT2D eigenvalue weighted by Gasteiger charge is -2.37. The molecule has 0 bridgehead atoms. The van der Waals surface area contributed by atoms with Gasteiger partial charge in [0.2, 0.25) is 11.8 Å². The van der Waals surface area contributed by atoms with E-state index in [1.54, 1.807) is 0 Å². The molecule has 11 heteroatoms. The molecule has 2 heterocycles. The number of amides is 2. The normalized spacial score (nSPS) is 25.0. The van der Waals surface area contributed by atoms with Gasteiger partial charge in [-0.3, -0.25) is 29.0 Å². The maximum absolute atomic E-state index is 12.7. The molecule has 3 N–H and O–H groups in total. The summed E-state index contributed by atoms with van der Waals surface area (Å²) in [6, 6.07) is 8.41. The van der Waals surface area contributed by atoms with Gasteiger partial charge in [-0.15, -0.1) is 0 Å². The van der Waals surface area contributed by atoms with Crippen molar-refractivity contribution in [2.45, 2.75) is 76.4 Å². The van der Waals surface area contributed by atoms with Gasteiger partial charge in [0, 0.05) is 32.7 Å². The Morgan fingerprint density at radius 1 is 0.829 bits per heavy atom. The van der Waals surface area contributed by atoms with Gasteiger partial charge >= 0.3 is 11.9 Å². The van der Waals surface area contributed by atoms with E-state index in [0.29, 0.717) is 31.9 Å². The van der Waals surface area contributed by atoms with E-state index in [9.17, 15) is 24.3 Å². The minimum atomic E-state index is -1.08. The fraction of sp³-hybridized carbons (Fsp3) is 0.667. The van der Waals surface area contributed by atoms with Gasteiger partial charge in [-0.2, -0.15) is 0 Å². The molecule has 4 fully saturated rings. The Balaban J connectivity index is 0.000000426. The SMILES string of the molecule is O=C(O)CCC(=O)O.O=C1C2CCC(O)CC2C(=O)N1CCCN1CCN(c2ccccc2OC2CCCC2)CC1. The number of carbonyl (C=O) groups is 4. The number of aliphatic carboxylic acids is 2. The quantitative estimate of drug-likeness (QED) is 0.357. The molecule has 4 aliphatic rings. The Hall–Kier alpha value is -3.18. The molecule has 2 aliphatic carbocycles. The van der Waals surface area contributed by atoms with Crippen molar-refractivity contribution in [3.8, 4) is 5.75 Å². The summed E-state index contributed by atoms with van der Waals surface area (Å²) in [7, 11) is 0. The highest BCUT2D eigenvalue weighted by atomic mass is 16.5. The highest BCUT2D eigenvalue weighted by molar-refractivity contribution is 6.05. The van der Waals surface area contributed by atoms with E-state index in [-0.39, 0.29) is 36.5 Å². The molecule has 3 unspecified atom stereocenters. The number of aliphatic hydroxyl groups is 1. The van der Waals surface area contributed by atoms with Gasteiger partial charge < -0.3 is 25.0 Å². The molecular weight excluding hydrogens is 530 g/mol. The first-order valence-electron chi connectivity index (χ1n) is 14.9. The first-order chi connectivity index (χ1) is 19.7. The fourth-order valence-electron chi connectivity index (χ4n) is 6.33. The molecule has 226 valence electrons. The van der Waals surface area contributed by atoms with Gasteiger partial charge in [0.15, 0.2) is 0 Å². The molecule has 41 heavy (non-hydrogen) atoms. The molecule has 0 radical (unpaired) electrons. The molecule has 2 saturated carbocycles. The monoisotopic (exact) mass is 573 g/mol. The molecule has 2 saturated heterocycles. The van der Waals surface area contributed by atoms with E-state index >= 15 is 0 Å². The summed E-state index contributed by atoms with van der Waals surface area (Å²) in [6.45, 7) is 5.24. The maximum Gasteiger partial charge on any atom is 0.303 e. The van der Waals surface area contributed by atoms with Crippen LogP contribution in [-0.2, 0) is 19.2 Å². The molecule has 0 spiro atoms. The van der Waals surface area contributed by atoms with E-state index < -0.39 is 18.0 Å². The van der Waals surface area contributed by atoms with Crippen LogP contribution in [0.25, 0.3) is 0 Å². The number of hydrogen-bond acceptors (Lipinski definition) is 8. The predicted octanol–water partition coefficient (Wildman–Crippen LogP) is 2.60. The number of nitrogens with zero attached hydrogens (tertiary/aromatic N) is 3. The maximum atomic E-state index is 12.7. The number of para-hydroxylation sites is 2. The fourth-order valence-corrected chi connectivity index (χ4v) is 6.33. The molecule has 1 aromatic carbocycles. The van der Waals surface area contributed by atoms with Crippen molar-refractivity contribution in [2.24, 2.45) is 11.8 Å². The highest BCUT2D eigenvalue weighted by Gasteiger charge is 2.49. The average Bonchev–Trinajstić information content (AvgIpc) is 3.55. The molecule has 11 nitrogen and oxygen atoms in total. The molecular formula is C30H43N3O8. The van der Waals surface area contributed by atoms with E-state index in [1.165, 1.54) is 23.4 Å². The average molecular weight is 574 g/mol. The van der Waals surface area contributed by atoms with Gasteiger partial charge in [-0.25, -0.2) is 0 Å². The first-order valence-corrected chi connectivity index (χ1v) is 14.9. The van der Waals surface area contributed by atoms with Gasteiger partial charge in [-0.05, 0) is 70.0 Å². The number of carbonyl (C=O) groups excluding carboxylic acids is 2. The molecule has 5 rings (SSSR count). The third kappa shape index (κ3) is 8.42. The lowest BCUT2D eigenvalue weighted by Crippen LogP contribution is -2.47. The number of aliphatic hydroxyl groups excluding tert-OH is 1. The van der Waals surface area contributed by atoms with Crippen molar-refractivity contribution in [1.82, 2.24) is 9.80 Å². The summed E-state index contributed by atoms with van der Waals surface area (Å²) in [5, 5.41) is 25.7. The Morgan fingerprint density at radius 3 is 2.12 bits per heavy atom. The lowest BCUT2D eigenvalue weighted by atomic mass is 9.80. The number of piperazine rings is 1. The molecule has 3 atom stereocenters. The van der Waals surface area contributed by atoms with Crippen LogP contribution in [0, 0.1) is 11.8 Å². The number of rotatable bonds is 10. The van der Waals surface area contributed by atoms with Crippen molar-refractivity contribution in [1.29, 1.82) is 0 Å². The Kier molecular flexibility index (Phi) is 11.0. The third-order valence-electron chi connectivity index (χ3n) is 8.57. The lowest BCUT2D eigenvalue weighted by molar-refractivity contribution is -0.143. The van der Waals surface area contributed by atoms with Crippen LogP contribution in [0.1, 0.15) is 64.2 Å². The van der Waals surface area contributed by atoms with Crippen LogP contribution in [0.15, 0.2) is 24.3 Å². The van der Waals surface area contributed by atoms with E-state index in [1.807, 2.05) is 0 Å². The summed E-state index contributed by atoms with van der Waals surface area (Å²) < 4.78 is 6.33. The third-order valence-corrected chi connectivity index (χ3v) is 8.57. The summed E-state index contributed by atoms with van der Waals surface area (Å²) in [5.74, 6) is -1.71. The van der Waals surface area contributed by atoms with E-state index in [4.69, 9.17) is 14.9 Å². The minimum Gasteiger partial charge on any atom is -0.488 e. The number of benzene rings is 1. The van der Waals surface area contributed by atoms with Crippen LogP contribution in [0.3, 0.4) is 0 Å². The number of imide groups is 1. The molecule has 2 aliphatic heterocycles. The smallest absolute Gasteiger partial charge is 0.303 e. The zero-order valence-electron chi connectivity index (χ0n) is 23.7. The van der Waals surface area contributed by atoms with Crippen molar-refractivity contribution in [3.63, 3.8) is 0 Å². The van der Waals surface area contributed by atoms with Crippen molar-refractivity contribution in [3.05, 3.63) is 24.3 Å². The summed E-state index contributed by atoms with van der Waals surface area (Å²) in [6.07, 6.45) is 6.70. The molecule has 2 amide bonds. The summed E-state index contributed by atoms with van der Waals surface area (Å²) in [5.41, 5.74) is 1.20. The van der Waals surface area contributed by atoms with Crippen molar-refractivity contribution in [2.75, 3.05) is 44.2 Å².